The van der Waals surface area contributed by atoms with Crippen LogP contribution in [0.5, 0.6) is 0 Å². The molecule has 2 fully saturated rings. The predicted molar refractivity (Wildman–Crippen MR) is 84.6 cm³/mol. The third-order valence-corrected chi connectivity index (χ3v) is 4.85. The lowest BCUT2D eigenvalue weighted by atomic mass is 9.83. The van der Waals surface area contributed by atoms with Gasteiger partial charge in [0.25, 0.3) is 0 Å². The number of nitrogens with zero attached hydrogens (tertiary/aromatic N) is 2. The minimum absolute atomic E-state index is 0.179. The number of carbonyl (C=O) groups is 2. The van der Waals surface area contributed by atoms with Gasteiger partial charge in [0.15, 0.2) is 0 Å². The molecule has 0 bridgehead atoms. The lowest BCUT2D eigenvalue weighted by Gasteiger charge is -2.37. The Morgan fingerprint density at radius 3 is 2.55 bits per heavy atom. The maximum absolute atomic E-state index is 11.9. The molecule has 0 saturated carbocycles. The van der Waals surface area contributed by atoms with Gasteiger partial charge in [-0.25, -0.2) is 4.98 Å². The summed E-state index contributed by atoms with van der Waals surface area (Å²) in [7, 11) is 0. The SMILES string of the molecule is CC1(C)CCN(c2ccc(C3CCC(=O)NC3=O)cn2)CC1. The molecule has 118 valence electrons. The van der Waals surface area contributed by atoms with Crippen LogP contribution < -0.4 is 10.2 Å². The van der Waals surface area contributed by atoms with Crippen molar-refractivity contribution >= 4 is 17.6 Å². The van der Waals surface area contributed by atoms with Gasteiger partial charge in [0, 0.05) is 25.7 Å². The standard InChI is InChI=1S/C17H23N3O2/c1-17(2)7-9-20(10-8-17)14-5-3-12(11-18-14)13-4-6-15(21)19-16(13)22/h3,5,11,13H,4,6-10H2,1-2H3,(H,19,21,22). The van der Waals surface area contributed by atoms with Gasteiger partial charge in [-0.3, -0.25) is 14.9 Å². The van der Waals surface area contributed by atoms with Crippen LogP contribution in [-0.4, -0.2) is 29.9 Å². The van der Waals surface area contributed by atoms with Crippen LogP contribution in [0.3, 0.4) is 0 Å². The number of rotatable bonds is 2. The summed E-state index contributed by atoms with van der Waals surface area (Å²) in [5.41, 5.74) is 1.31. The average Bonchev–Trinajstić information content (AvgIpc) is 2.48. The van der Waals surface area contributed by atoms with E-state index >= 15 is 0 Å². The van der Waals surface area contributed by atoms with Crippen LogP contribution >= 0.6 is 0 Å². The van der Waals surface area contributed by atoms with Gasteiger partial charge < -0.3 is 4.90 Å². The fraction of sp³-hybridized carbons (Fsp3) is 0.588. The molecule has 2 saturated heterocycles. The Labute approximate surface area is 131 Å². The molecular weight excluding hydrogens is 278 g/mol. The third-order valence-electron chi connectivity index (χ3n) is 4.85. The van der Waals surface area contributed by atoms with E-state index in [0.717, 1.165) is 24.5 Å². The average molecular weight is 301 g/mol. The van der Waals surface area contributed by atoms with Crippen molar-refractivity contribution in [3.8, 4) is 0 Å². The molecule has 2 aliphatic heterocycles. The van der Waals surface area contributed by atoms with Gasteiger partial charge in [0.2, 0.25) is 11.8 Å². The largest absolute Gasteiger partial charge is 0.357 e. The monoisotopic (exact) mass is 301 g/mol. The second-order valence-electron chi connectivity index (χ2n) is 7.10. The Kier molecular flexibility index (Phi) is 3.89. The predicted octanol–water partition coefficient (Wildman–Crippen LogP) is 2.23. The van der Waals surface area contributed by atoms with Gasteiger partial charge in [0.1, 0.15) is 5.82 Å². The smallest absolute Gasteiger partial charge is 0.234 e. The Morgan fingerprint density at radius 2 is 1.95 bits per heavy atom. The quantitative estimate of drug-likeness (QED) is 0.851. The molecule has 22 heavy (non-hydrogen) atoms. The number of imide groups is 1. The van der Waals surface area contributed by atoms with Crippen molar-refractivity contribution < 1.29 is 9.59 Å². The number of pyridine rings is 1. The Balaban J connectivity index is 1.68. The normalized spacial score (nSPS) is 25.0. The van der Waals surface area contributed by atoms with E-state index in [9.17, 15) is 9.59 Å². The number of amides is 2. The van der Waals surface area contributed by atoms with E-state index in [0.29, 0.717) is 18.3 Å². The highest BCUT2D eigenvalue weighted by atomic mass is 16.2. The number of aromatic nitrogens is 1. The molecule has 3 heterocycles. The molecule has 1 unspecified atom stereocenters. The Hall–Kier alpha value is -1.91. The Bertz CT molecular complexity index is 570. The molecule has 0 aliphatic carbocycles. The highest BCUT2D eigenvalue weighted by Crippen LogP contribution is 2.32. The zero-order valence-corrected chi connectivity index (χ0v) is 13.3. The summed E-state index contributed by atoms with van der Waals surface area (Å²) >= 11 is 0. The second kappa shape index (κ2) is 5.71. The van der Waals surface area contributed by atoms with Gasteiger partial charge in [-0.15, -0.1) is 0 Å². The van der Waals surface area contributed by atoms with E-state index in [2.05, 4.69) is 29.0 Å². The molecule has 5 nitrogen and oxygen atoms in total. The van der Waals surface area contributed by atoms with Gasteiger partial charge in [-0.1, -0.05) is 19.9 Å². The second-order valence-corrected chi connectivity index (χ2v) is 7.10. The molecule has 1 aromatic rings. The van der Waals surface area contributed by atoms with Crippen LogP contribution in [0.4, 0.5) is 5.82 Å². The molecule has 0 aromatic carbocycles. The van der Waals surface area contributed by atoms with Gasteiger partial charge in [-0.2, -0.15) is 0 Å². The highest BCUT2D eigenvalue weighted by Gasteiger charge is 2.29. The number of nitrogens with one attached hydrogen (secondary N) is 1. The minimum Gasteiger partial charge on any atom is -0.357 e. The third kappa shape index (κ3) is 3.13. The number of piperidine rings is 2. The number of hydrogen-bond acceptors (Lipinski definition) is 4. The molecule has 1 N–H and O–H groups in total. The number of hydrogen-bond donors (Lipinski definition) is 1. The first kappa shape index (κ1) is 15.0. The number of carbonyl (C=O) groups excluding carboxylic acids is 2. The molecule has 0 spiro atoms. The molecule has 0 radical (unpaired) electrons. The van der Waals surface area contributed by atoms with E-state index in [1.54, 1.807) is 6.20 Å². The van der Waals surface area contributed by atoms with E-state index in [4.69, 9.17) is 0 Å². The molecule has 5 heteroatoms. The molecular formula is C17H23N3O2. The fourth-order valence-corrected chi connectivity index (χ4v) is 3.14. The van der Waals surface area contributed by atoms with Gasteiger partial charge >= 0.3 is 0 Å². The summed E-state index contributed by atoms with van der Waals surface area (Å²) in [5, 5.41) is 2.40. The van der Waals surface area contributed by atoms with Crippen LogP contribution in [0, 0.1) is 5.41 Å². The summed E-state index contributed by atoms with van der Waals surface area (Å²) < 4.78 is 0. The summed E-state index contributed by atoms with van der Waals surface area (Å²) in [4.78, 5) is 29.9. The first-order valence-corrected chi connectivity index (χ1v) is 7.99. The summed E-state index contributed by atoms with van der Waals surface area (Å²) in [5.74, 6) is 0.346. The molecule has 2 aliphatic rings. The topological polar surface area (TPSA) is 62.3 Å². The van der Waals surface area contributed by atoms with Crippen LogP contribution in [0.15, 0.2) is 18.3 Å². The molecule has 1 atom stereocenters. The molecule has 3 rings (SSSR count). The van der Waals surface area contributed by atoms with E-state index < -0.39 is 0 Å². The zero-order valence-electron chi connectivity index (χ0n) is 13.3. The van der Waals surface area contributed by atoms with E-state index in [1.807, 2.05) is 12.1 Å². The van der Waals surface area contributed by atoms with Crippen molar-refractivity contribution in [1.82, 2.24) is 10.3 Å². The van der Waals surface area contributed by atoms with Crippen molar-refractivity contribution in [3.63, 3.8) is 0 Å². The van der Waals surface area contributed by atoms with Crippen molar-refractivity contribution in [3.05, 3.63) is 23.9 Å². The van der Waals surface area contributed by atoms with Crippen molar-refractivity contribution in [1.29, 1.82) is 0 Å². The fourth-order valence-electron chi connectivity index (χ4n) is 3.14. The first-order chi connectivity index (χ1) is 10.4. The van der Waals surface area contributed by atoms with Crippen LogP contribution in [0.1, 0.15) is 51.0 Å². The van der Waals surface area contributed by atoms with Crippen molar-refractivity contribution in [2.75, 3.05) is 18.0 Å². The minimum atomic E-state index is -0.250. The number of anilines is 1. The lowest BCUT2D eigenvalue weighted by Crippen LogP contribution is -2.39. The van der Waals surface area contributed by atoms with E-state index in [-0.39, 0.29) is 17.7 Å². The van der Waals surface area contributed by atoms with Gasteiger partial charge in [0.05, 0.1) is 5.92 Å². The van der Waals surface area contributed by atoms with Crippen LogP contribution in [0.2, 0.25) is 0 Å². The van der Waals surface area contributed by atoms with E-state index in [1.165, 1.54) is 12.8 Å². The first-order valence-electron chi connectivity index (χ1n) is 7.99. The van der Waals surface area contributed by atoms with Crippen LogP contribution in [-0.2, 0) is 9.59 Å². The Morgan fingerprint density at radius 1 is 1.23 bits per heavy atom. The summed E-state index contributed by atoms with van der Waals surface area (Å²) in [6.45, 7) is 6.67. The zero-order chi connectivity index (χ0) is 15.7. The maximum atomic E-state index is 11.9. The van der Waals surface area contributed by atoms with Crippen LogP contribution in [0.25, 0.3) is 0 Å². The lowest BCUT2D eigenvalue weighted by molar-refractivity contribution is -0.134. The molecule has 2 amide bonds. The van der Waals surface area contributed by atoms with Crippen molar-refractivity contribution in [2.45, 2.75) is 45.4 Å². The van der Waals surface area contributed by atoms with Gasteiger partial charge in [-0.05, 0) is 36.3 Å². The molecule has 1 aromatic heterocycles. The summed E-state index contributed by atoms with van der Waals surface area (Å²) in [6.07, 6.45) is 5.10. The maximum Gasteiger partial charge on any atom is 0.234 e. The summed E-state index contributed by atoms with van der Waals surface area (Å²) in [6, 6.07) is 3.97. The van der Waals surface area contributed by atoms with Crippen molar-refractivity contribution in [2.24, 2.45) is 5.41 Å². The highest BCUT2D eigenvalue weighted by molar-refractivity contribution is 6.00.